The number of hydrogen-bond donors (Lipinski definition) is 2. The number of hydrogen-bond acceptors (Lipinski definition) is 2. The zero-order valence-corrected chi connectivity index (χ0v) is 14.4. The summed E-state index contributed by atoms with van der Waals surface area (Å²) >= 11 is 11.4. The van der Waals surface area contributed by atoms with Crippen molar-refractivity contribution in [2.24, 2.45) is 0 Å². The third-order valence-corrected chi connectivity index (χ3v) is 4.07. The molecule has 26 heavy (non-hydrogen) atoms. The second kappa shape index (κ2) is 7.01. The molecule has 0 aliphatic rings. The second-order valence-corrected chi connectivity index (χ2v) is 6.16. The molecule has 3 aromatic rings. The van der Waals surface area contributed by atoms with E-state index in [0.717, 1.165) is 17.7 Å². The molecule has 0 aliphatic heterocycles. The SMILES string of the molecule is O=C(Nc1ccc(Cl)c(C(F)(F)F)c1)c1cc(-c2ccc(Cl)cc2)n[nH]1. The van der Waals surface area contributed by atoms with Gasteiger partial charge in [-0.15, -0.1) is 0 Å². The number of anilines is 1. The lowest BCUT2D eigenvalue weighted by Crippen LogP contribution is -2.14. The highest BCUT2D eigenvalue weighted by atomic mass is 35.5. The van der Waals surface area contributed by atoms with E-state index in [1.807, 2.05) is 0 Å². The molecule has 4 nitrogen and oxygen atoms in total. The maximum absolute atomic E-state index is 12.9. The Kier molecular flexibility index (Phi) is 4.93. The molecule has 1 aromatic heterocycles. The lowest BCUT2D eigenvalue weighted by Gasteiger charge is -2.11. The van der Waals surface area contributed by atoms with Crippen molar-refractivity contribution in [2.75, 3.05) is 5.32 Å². The summed E-state index contributed by atoms with van der Waals surface area (Å²) in [5, 5.41) is 9.07. The fraction of sp³-hybridized carbons (Fsp3) is 0.0588. The number of aromatic amines is 1. The van der Waals surface area contributed by atoms with Crippen LogP contribution in [-0.2, 0) is 6.18 Å². The van der Waals surface area contributed by atoms with Gasteiger partial charge in [-0.1, -0.05) is 35.3 Å². The second-order valence-electron chi connectivity index (χ2n) is 5.32. The molecular weight excluding hydrogens is 390 g/mol. The average Bonchev–Trinajstić information content (AvgIpc) is 3.06. The normalized spacial score (nSPS) is 11.4. The Bertz CT molecular complexity index is 953. The van der Waals surface area contributed by atoms with E-state index >= 15 is 0 Å². The summed E-state index contributed by atoms with van der Waals surface area (Å²) in [6.45, 7) is 0. The standard InChI is InChI=1S/C17H10Cl2F3N3O/c18-10-3-1-9(2-4-10)14-8-15(25-24-14)16(26)23-11-5-6-13(19)12(7-11)17(20,21)22/h1-8H,(H,23,26)(H,24,25). The van der Waals surface area contributed by atoms with Crippen LogP contribution >= 0.6 is 23.2 Å². The van der Waals surface area contributed by atoms with Gasteiger partial charge in [0.2, 0.25) is 0 Å². The molecule has 0 spiro atoms. The Hall–Kier alpha value is -2.51. The molecule has 2 aromatic carbocycles. The van der Waals surface area contributed by atoms with Crippen molar-refractivity contribution in [3.8, 4) is 11.3 Å². The van der Waals surface area contributed by atoms with Crippen LogP contribution in [0.15, 0.2) is 48.5 Å². The van der Waals surface area contributed by atoms with Crippen molar-refractivity contribution in [1.82, 2.24) is 10.2 Å². The molecule has 0 unspecified atom stereocenters. The first-order valence-corrected chi connectivity index (χ1v) is 7.99. The topological polar surface area (TPSA) is 57.8 Å². The van der Waals surface area contributed by atoms with Gasteiger partial charge in [-0.3, -0.25) is 9.89 Å². The molecule has 0 saturated carbocycles. The highest BCUT2D eigenvalue weighted by Crippen LogP contribution is 2.36. The molecule has 1 heterocycles. The molecular formula is C17H10Cl2F3N3O. The number of aromatic nitrogens is 2. The van der Waals surface area contributed by atoms with Gasteiger partial charge in [-0.2, -0.15) is 18.3 Å². The van der Waals surface area contributed by atoms with E-state index in [1.54, 1.807) is 24.3 Å². The number of halogens is 5. The van der Waals surface area contributed by atoms with Crippen molar-refractivity contribution in [1.29, 1.82) is 0 Å². The maximum Gasteiger partial charge on any atom is 0.417 e. The number of carbonyl (C=O) groups excluding carboxylic acids is 1. The van der Waals surface area contributed by atoms with Gasteiger partial charge in [0.25, 0.3) is 5.91 Å². The fourth-order valence-electron chi connectivity index (χ4n) is 2.23. The van der Waals surface area contributed by atoms with Crippen LogP contribution in [0.4, 0.5) is 18.9 Å². The van der Waals surface area contributed by atoms with Crippen molar-refractivity contribution in [2.45, 2.75) is 6.18 Å². The van der Waals surface area contributed by atoms with Gasteiger partial charge in [-0.25, -0.2) is 0 Å². The predicted octanol–water partition coefficient (Wildman–Crippen LogP) is 5.65. The number of nitrogens with one attached hydrogen (secondary N) is 2. The highest BCUT2D eigenvalue weighted by Gasteiger charge is 2.33. The van der Waals surface area contributed by atoms with E-state index in [0.29, 0.717) is 10.7 Å². The number of alkyl halides is 3. The summed E-state index contributed by atoms with van der Waals surface area (Å²) in [6.07, 6.45) is -4.62. The molecule has 1 amide bonds. The largest absolute Gasteiger partial charge is 0.417 e. The molecule has 0 aliphatic carbocycles. The maximum atomic E-state index is 12.9. The van der Waals surface area contributed by atoms with Gasteiger partial charge in [0, 0.05) is 16.3 Å². The Labute approximate surface area is 155 Å². The lowest BCUT2D eigenvalue weighted by molar-refractivity contribution is -0.137. The molecule has 134 valence electrons. The van der Waals surface area contributed by atoms with Crippen LogP contribution in [0.25, 0.3) is 11.3 Å². The van der Waals surface area contributed by atoms with Gasteiger partial charge in [0.15, 0.2) is 0 Å². The number of H-pyrrole nitrogens is 1. The first-order valence-electron chi connectivity index (χ1n) is 7.23. The van der Waals surface area contributed by atoms with Gasteiger partial charge in [-0.05, 0) is 36.4 Å². The number of amides is 1. The van der Waals surface area contributed by atoms with Crippen molar-refractivity contribution >= 4 is 34.8 Å². The molecule has 0 saturated heterocycles. The minimum Gasteiger partial charge on any atom is -0.321 e. The molecule has 0 bridgehead atoms. The highest BCUT2D eigenvalue weighted by molar-refractivity contribution is 6.31. The van der Waals surface area contributed by atoms with E-state index < -0.39 is 22.7 Å². The Morgan fingerprint density at radius 3 is 2.38 bits per heavy atom. The predicted molar refractivity (Wildman–Crippen MR) is 93.4 cm³/mol. The van der Waals surface area contributed by atoms with Crippen molar-refractivity contribution in [3.63, 3.8) is 0 Å². The Morgan fingerprint density at radius 1 is 1.04 bits per heavy atom. The van der Waals surface area contributed by atoms with E-state index in [-0.39, 0.29) is 11.4 Å². The first kappa shape index (κ1) is 18.3. The van der Waals surface area contributed by atoms with Crippen LogP contribution in [-0.4, -0.2) is 16.1 Å². The fourth-order valence-corrected chi connectivity index (χ4v) is 2.58. The molecule has 0 radical (unpaired) electrons. The zero-order chi connectivity index (χ0) is 18.9. The monoisotopic (exact) mass is 399 g/mol. The number of nitrogens with zero attached hydrogens (tertiary/aromatic N) is 1. The van der Waals surface area contributed by atoms with E-state index in [2.05, 4.69) is 15.5 Å². The third-order valence-electron chi connectivity index (χ3n) is 3.49. The van der Waals surface area contributed by atoms with Crippen LogP contribution in [0.2, 0.25) is 10.0 Å². The summed E-state index contributed by atoms with van der Waals surface area (Å²) in [7, 11) is 0. The van der Waals surface area contributed by atoms with Gasteiger partial charge in [0.1, 0.15) is 5.69 Å². The average molecular weight is 400 g/mol. The summed E-state index contributed by atoms with van der Waals surface area (Å²) in [4.78, 5) is 12.2. The van der Waals surface area contributed by atoms with Crippen LogP contribution < -0.4 is 5.32 Å². The zero-order valence-electron chi connectivity index (χ0n) is 12.9. The summed E-state index contributed by atoms with van der Waals surface area (Å²) in [5.41, 5.74) is 0.269. The summed E-state index contributed by atoms with van der Waals surface area (Å²) < 4.78 is 38.7. The van der Waals surface area contributed by atoms with Crippen LogP contribution in [0.3, 0.4) is 0 Å². The third kappa shape index (κ3) is 4.00. The number of carbonyl (C=O) groups is 1. The van der Waals surface area contributed by atoms with E-state index in [4.69, 9.17) is 23.2 Å². The summed E-state index contributed by atoms with van der Waals surface area (Å²) in [5.74, 6) is -0.631. The van der Waals surface area contributed by atoms with Crippen LogP contribution in [0.1, 0.15) is 16.1 Å². The van der Waals surface area contributed by atoms with Gasteiger partial charge < -0.3 is 5.32 Å². The number of rotatable bonds is 3. The molecule has 9 heteroatoms. The van der Waals surface area contributed by atoms with Gasteiger partial charge in [0.05, 0.1) is 16.3 Å². The smallest absolute Gasteiger partial charge is 0.321 e. The van der Waals surface area contributed by atoms with Crippen molar-refractivity contribution < 1.29 is 18.0 Å². The van der Waals surface area contributed by atoms with E-state index in [9.17, 15) is 18.0 Å². The summed E-state index contributed by atoms with van der Waals surface area (Å²) in [6, 6.07) is 11.4. The lowest BCUT2D eigenvalue weighted by atomic mass is 10.1. The van der Waals surface area contributed by atoms with Crippen LogP contribution in [0, 0.1) is 0 Å². The first-order chi connectivity index (χ1) is 12.2. The molecule has 0 atom stereocenters. The number of benzene rings is 2. The van der Waals surface area contributed by atoms with Crippen molar-refractivity contribution in [3.05, 3.63) is 69.8 Å². The van der Waals surface area contributed by atoms with Crippen LogP contribution in [0.5, 0.6) is 0 Å². The molecule has 0 fully saturated rings. The van der Waals surface area contributed by atoms with E-state index in [1.165, 1.54) is 12.1 Å². The Balaban J connectivity index is 1.80. The minimum atomic E-state index is -4.62. The molecule has 3 rings (SSSR count). The molecule has 2 N–H and O–H groups in total. The quantitative estimate of drug-likeness (QED) is 0.597. The Morgan fingerprint density at radius 2 is 1.73 bits per heavy atom. The minimum absolute atomic E-state index is 0.0330. The van der Waals surface area contributed by atoms with Gasteiger partial charge >= 0.3 is 6.18 Å².